The van der Waals surface area contributed by atoms with E-state index in [1.165, 1.54) is 19.3 Å². The molecular weight excluding hydrogens is 188 g/mol. The summed E-state index contributed by atoms with van der Waals surface area (Å²) in [7, 11) is 0. The summed E-state index contributed by atoms with van der Waals surface area (Å²) in [5.41, 5.74) is 0.691. The van der Waals surface area contributed by atoms with Gasteiger partial charge in [-0.2, -0.15) is 0 Å². The Morgan fingerprint density at radius 3 is 3.13 bits per heavy atom. The molecule has 2 heteroatoms. The molecule has 0 aromatic carbocycles. The van der Waals surface area contributed by atoms with Crippen molar-refractivity contribution >= 4 is 5.78 Å². The van der Waals surface area contributed by atoms with E-state index >= 15 is 0 Å². The number of ether oxygens (including phenoxy) is 1. The van der Waals surface area contributed by atoms with Gasteiger partial charge in [-0.3, -0.25) is 4.79 Å². The van der Waals surface area contributed by atoms with Crippen molar-refractivity contribution in [3.05, 3.63) is 0 Å². The third-order valence-electron chi connectivity index (χ3n) is 5.74. The van der Waals surface area contributed by atoms with E-state index in [1.807, 2.05) is 0 Å². The zero-order chi connectivity index (χ0) is 10.3. The first-order valence-electron chi connectivity index (χ1n) is 6.31. The molecule has 0 aromatic rings. The molecule has 0 radical (unpaired) electrons. The van der Waals surface area contributed by atoms with Gasteiger partial charge < -0.3 is 4.74 Å². The highest BCUT2D eigenvalue weighted by molar-refractivity contribution is 5.80. The SMILES string of the molecule is C[C@]12C[C@@]34CCC(=O)C[C@@H]3[C@H](C[C@H]1C4)O2. The van der Waals surface area contributed by atoms with Crippen LogP contribution in [0, 0.1) is 17.3 Å². The third kappa shape index (κ3) is 0.885. The highest BCUT2D eigenvalue weighted by Crippen LogP contribution is 2.69. The third-order valence-corrected chi connectivity index (χ3v) is 5.74. The number of carbonyl (C=O) groups excluding carboxylic acids is 1. The van der Waals surface area contributed by atoms with Crippen LogP contribution in [0.3, 0.4) is 0 Å². The highest BCUT2D eigenvalue weighted by Gasteiger charge is 2.68. The summed E-state index contributed by atoms with van der Waals surface area (Å²) >= 11 is 0. The van der Waals surface area contributed by atoms with Crippen LogP contribution in [0.1, 0.15) is 45.4 Å². The lowest BCUT2D eigenvalue weighted by molar-refractivity contribution is -0.156. The van der Waals surface area contributed by atoms with Crippen LogP contribution < -0.4 is 0 Å². The van der Waals surface area contributed by atoms with Crippen molar-refractivity contribution in [2.75, 3.05) is 0 Å². The van der Waals surface area contributed by atoms with Crippen molar-refractivity contribution in [3.8, 4) is 0 Å². The smallest absolute Gasteiger partial charge is 0.133 e. The molecule has 0 unspecified atom stereocenters. The van der Waals surface area contributed by atoms with Gasteiger partial charge in [-0.25, -0.2) is 0 Å². The summed E-state index contributed by atoms with van der Waals surface area (Å²) in [5.74, 6) is 1.85. The van der Waals surface area contributed by atoms with Gasteiger partial charge in [-0.1, -0.05) is 0 Å². The van der Waals surface area contributed by atoms with Crippen molar-refractivity contribution in [3.63, 3.8) is 0 Å². The van der Waals surface area contributed by atoms with Gasteiger partial charge in [-0.05, 0) is 49.9 Å². The lowest BCUT2D eigenvalue weighted by Crippen LogP contribution is -2.48. The Bertz CT molecular complexity index is 350. The molecule has 15 heavy (non-hydrogen) atoms. The van der Waals surface area contributed by atoms with E-state index in [0.717, 1.165) is 25.2 Å². The van der Waals surface area contributed by atoms with Crippen molar-refractivity contribution in [2.45, 2.75) is 57.2 Å². The Kier molecular flexibility index (Phi) is 1.35. The average molecular weight is 206 g/mol. The van der Waals surface area contributed by atoms with Gasteiger partial charge in [0, 0.05) is 12.8 Å². The van der Waals surface area contributed by atoms with E-state index in [2.05, 4.69) is 6.92 Å². The van der Waals surface area contributed by atoms with E-state index < -0.39 is 0 Å². The lowest BCUT2D eigenvalue weighted by atomic mass is 9.59. The van der Waals surface area contributed by atoms with E-state index in [0.29, 0.717) is 23.2 Å². The highest BCUT2D eigenvalue weighted by atomic mass is 16.5. The zero-order valence-electron chi connectivity index (χ0n) is 9.29. The summed E-state index contributed by atoms with van der Waals surface area (Å²) in [6, 6.07) is 0. The predicted octanol–water partition coefficient (Wildman–Crippen LogP) is 2.31. The Hall–Kier alpha value is -0.370. The first kappa shape index (κ1) is 8.74. The van der Waals surface area contributed by atoms with Crippen LogP contribution in [0.25, 0.3) is 0 Å². The first-order chi connectivity index (χ1) is 7.11. The fourth-order valence-electron chi connectivity index (χ4n) is 5.15. The van der Waals surface area contributed by atoms with Gasteiger partial charge >= 0.3 is 0 Å². The number of ketones is 1. The van der Waals surface area contributed by atoms with Gasteiger partial charge in [-0.15, -0.1) is 0 Å². The second-order valence-electron chi connectivity index (χ2n) is 6.49. The normalized spacial score (nSPS) is 61.1. The maximum Gasteiger partial charge on any atom is 0.133 e. The van der Waals surface area contributed by atoms with E-state index in [-0.39, 0.29) is 5.60 Å². The molecule has 0 N–H and O–H groups in total. The lowest BCUT2D eigenvalue weighted by Gasteiger charge is -2.49. The van der Waals surface area contributed by atoms with Crippen LogP contribution in [0.15, 0.2) is 0 Å². The summed E-state index contributed by atoms with van der Waals surface area (Å²) in [5, 5.41) is 0. The van der Waals surface area contributed by atoms with Crippen molar-refractivity contribution < 1.29 is 9.53 Å². The molecule has 5 rings (SSSR count). The second-order valence-corrected chi connectivity index (χ2v) is 6.49. The molecule has 4 bridgehead atoms. The number of Topliss-reactive ketones (excluding diaryl/α,β-unsaturated/α-hetero) is 1. The van der Waals surface area contributed by atoms with Gasteiger partial charge in [0.15, 0.2) is 0 Å². The molecule has 5 aliphatic rings. The number of rotatable bonds is 0. The van der Waals surface area contributed by atoms with Crippen molar-refractivity contribution in [1.29, 1.82) is 0 Å². The predicted molar refractivity (Wildman–Crippen MR) is 55.4 cm³/mol. The Morgan fingerprint density at radius 2 is 2.33 bits per heavy atom. The van der Waals surface area contributed by atoms with Gasteiger partial charge in [0.05, 0.1) is 11.7 Å². The van der Waals surface area contributed by atoms with Gasteiger partial charge in [0.25, 0.3) is 0 Å². The van der Waals surface area contributed by atoms with Crippen LogP contribution >= 0.6 is 0 Å². The number of carbonyl (C=O) groups is 1. The summed E-state index contributed by atoms with van der Waals surface area (Å²) in [4.78, 5) is 11.6. The maximum atomic E-state index is 11.6. The minimum absolute atomic E-state index is 0.182. The molecule has 0 amide bonds. The Balaban J connectivity index is 1.78. The average Bonchev–Trinajstić information content (AvgIpc) is 2.54. The summed E-state index contributed by atoms with van der Waals surface area (Å²) in [6.45, 7) is 2.30. The minimum Gasteiger partial charge on any atom is -0.371 e. The fraction of sp³-hybridized carbons (Fsp3) is 0.923. The molecule has 2 nitrogen and oxygen atoms in total. The standard InChI is InChI=1S/C13H18O2/c1-12-7-13-3-2-9(14)5-10(13)11(15-12)4-8(12)6-13/h8,10-11H,2-7H2,1H3/t8-,10+,11-,12-,13-/m0/s1. The van der Waals surface area contributed by atoms with Crippen molar-refractivity contribution in [2.24, 2.45) is 17.3 Å². The molecule has 82 valence electrons. The quantitative estimate of drug-likeness (QED) is 0.608. The molecule has 1 spiro atoms. The molecule has 5 fully saturated rings. The second kappa shape index (κ2) is 2.32. The molecule has 3 aliphatic carbocycles. The first-order valence-corrected chi connectivity index (χ1v) is 6.31. The van der Waals surface area contributed by atoms with Gasteiger partial charge in [0.1, 0.15) is 5.78 Å². The topological polar surface area (TPSA) is 26.3 Å². The van der Waals surface area contributed by atoms with Crippen LogP contribution in [0.2, 0.25) is 0 Å². The maximum absolute atomic E-state index is 11.6. The molecule has 2 heterocycles. The molecule has 3 saturated carbocycles. The molecule has 2 saturated heterocycles. The number of hydrogen-bond donors (Lipinski definition) is 0. The molecular formula is C13H18O2. The Morgan fingerprint density at radius 1 is 1.47 bits per heavy atom. The monoisotopic (exact) mass is 206 g/mol. The van der Waals surface area contributed by atoms with Crippen LogP contribution in [-0.2, 0) is 9.53 Å². The van der Waals surface area contributed by atoms with Crippen LogP contribution in [0.4, 0.5) is 0 Å². The van der Waals surface area contributed by atoms with E-state index in [1.54, 1.807) is 0 Å². The summed E-state index contributed by atoms with van der Waals surface area (Å²) < 4.78 is 6.20. The summed E-state index contributed by atoms with van der Waals surface area (Å²) in [6.07, 6.45) is 7.04. The molecule has 0 aromatic heterocycles. The fourth-order valence-corrected chi connectivity index (χ4v) is 5.15. The van der Waals surface area contributed by atoms with E-state index in [9.17, 15) is 4.79 Å². The van der Waals surface area contributed by atoms with E-state index in [4.69, 9.17) is 4.74 Å². The van der Waals surface area contributed by atoms with Gasteiger partial charge in [0.2, 0.25) is 0 Å². The van der Waals surface area contributed by atoms with Crippen molar-refractivity contribution in [1.82, 2.24) is 0 Å². The largest absolute Gasteiger partial charge is 0.371 e. The molecule has 2 aliphatic heterocycles. The van der Waals surface area contributed by atoms with Crippen LogP contribution in [-0.4, -0.2) is 17.5 Å². The minimum atomic E-state index is 0.182. The number of hydrogen-bond acceptors (Lipinski definition) is 2. The molecule has 5 atom stereocenters. The van der Waals surface area contributed by atoms with Crippen LogP contribution in [0.5, 0.6) is 0 Å². The zero-order valence-corrected chi connectivity index (χ0v) is 9.29. The Labute approximate surface area is 90.4 Å².